The Morgan fingerprint density at radius 3 is 2.60 bits per heavy atom. The van der Waals surface area contributed by atoms with Crippen LogP contribution >= 0.6 is 0 Å². The Labute approximate surface area is 58.2 Å². The van der Waals surface area contributed by atoms with Crippen molar-refractivity contribution in [3.05, 3.63) is 0 Å². The minimum absolute atomic E-state index is 0.138. The van der Waals surface area contributed by atoms with Crippen LogP contribution in [0, 0.1) is 5.92 Å². The largest absolute Gasteiger partial charge is 0.480 e. The van der Waals surface area contributed by atoms with Crippen molar-refractivity contribution in [3.8, 4) is 0 Å². The van der Waals surface area contributed by atoms with E-state index in [0.717, 1.165) is 12.8 Å². The minimum Gasteiger partial charge on any atom is -0.480 e. The van der Waals surface area contributed by atoms with Crippen molar-refractivity contribution >= 4 is 12.4 Å². The maximum atomic E-state index is 10.3. The quantitative estimate of drug-likeness (QED) is 0.520. The van der Waals surface area contributed by atoms with Crippen LogP contribution in [-0.4, -0.2) is 23.5 Å². The molecular formula is C6H8NO3. The summed E-state index contributed by atoms with van der Waals surface area (Å²) in [6.07, 6.45) is 3.18. The Bertz CT molecular complexity index is 153. The first-order valence-corrected chi connectivity index (χ1v) is 3.11. The molecule has 4 nitrogen and oxygen atoms in total. The van der Waals surface area contributed by atoms with Crippen molar-refractivity contribution in [1.29, 1.82) is 0 Å². The molecule has 1 aliphatic rings. The highest BCUT2D eigenvalue weighted by atomic mass is 16.4. The molecule has 0 bridgehead atoms. The summed E-state index contributed by atoms with van der Waals surface area (Å²) < 4.78 is 0. The molecule has 1 unspecified atom stereocenters. The van der Waals surface area contributed by atoms with E-state index >= 15 is 0 Å². The summed E-state index contributed by atoms with van der Waals surface area (Å²) in [6, 6.07) is -0.711. The van der Waals surface area contributed by atoms with E-state index in [-0.39, 0.29) is 5.92 Å². The van der Waals surface area contributed by atoms with Crippen LogP contribution in [0.5, 0.6) is 0 Å². The Kier molecular flexibility index (Phi) is 1.89. The second kappa shape index (κ2) is 2.68. The highest BCUT2D eigenvalue weighted by molar-refractivity contribution is 5.77. The number of aliphatic carboxylic acids is 1. The molecule has 0 aliphatic heterocycles. The molecule has 0 spiro atoms. The van der Waals surface area contributed by atoms with Gasteiger partial charge in [-0.25, -0.2) is 4.79 Å². The van der Waals surface area contributed by atoms with Gasteiger partial charge in [-0.05, 0) is 18.8 Å². The molecule has 10 heavy (non-hydrogen) atoms. The number of carboxylic acid groups (broad SMARTS) is 1. The molecular weight excluding hydrogens is 134 g/mol. The van der Waals surface area contributed by atoms with Crippen LogP contribution in [0.15, 0.2) is 0 Å². The second-order valence-electron chi connectivity index (χ2n) is 2.40. The summed E-state index contributed by atoms with van der Waals surface area (Å²) in [5.41, 5.74) is 0. The van der Waals surface area contributed by atoms with Crippen LogP contribution in [0.25, 0.3) is 0 Å². The van der Waals surface area contributed by atoms with E-state index in [9.17, 15) is 9.59 Å². The Morgan fingerprint density at radius 1 is 1.70 bits per heavy atom. The first-order valence-electron chi connectivity index (χ1n) is 3.11. The minimum atomic E-state index is -0.967. The number of carboxylic acids is 1. The Morgan fingerprint density at radius 2 is 2.30 bits per heavy atom. The van der Waals surface area contributed by atoms with Crippen molar-refractivity contribution in [2.24, 2.45) is 5.92 Å². The first-order chi connectivity index (χ1) is 4.75. The number of carbonyl (C=O) groups is 1. The molecule has 1 rings (SSSR count). The lowest BCUT2D eigenvalue weighted by molar-refractivity contribution is -0.139. The predicted molar refractivity (Wildman–Crippen MR) is 33.0 cm³/mol. The third-order valence-electron chi connectivity index (χ3n) is 1.57. The zero-order chi connectivity index (χ0) is 7.56. The lowest BCUT2D eigenvalue weighted by atomic mass is 10.2. The normalized spacial score (nSPS) is 19.6. The van der Waals surface area contributed by atoms with E-state index in [0.29, 0.717) is 0 Å². The first kappa shape index (κ1) is 7.05. The summed E-state index contributed by atoms with van der Waals surface area (Å²) in [6.45, 7) is 0. The summed E-state index contributed by atoms with van der Waals surface area (Å²) in [5, 5.41) is 10.6. The van der Waals surface area contributed by atoms with Gasteiger partial charge < -0.3 is 10.4 Å². The van der Waals surface area contributed by atoms with Crippen LogP contribution < -0.4 is 5.32 Å². The van der Waals surface area contributed by atoms with Gasteiger partial charge in [0.2, 0.25) is 0 Å². The molecule has 1 saturated carbocycles. The zero-order valence-corrected chi connectivity index (χ0v) is 5.33. The van der Waals surface area contributed by atoms with Gasteiger partial charge in [-0.2, -0.15) is 0 Å². The van der Waals surface area contributed by atoms with Crippen LogP contribution in [0.3, 0.4) is 0 Å². The number of carbonyl (C=O) groups excluding carboxylic acids is 1. The van der Waals surface area contributed by atoms with Crippen LogP contribution in [0.2, 0.25) is 0 Å². The molecule has 0 aromatic rings. The number of nitrogens with one attached hydrogen (secondary N) is 1. The van der Waals surface area contributed by atoms with Gasteiger partial charge in [-0.3, -0.25) is 4.79 Å². The fourth-order valence-corrected chi connectivity index (χ4v) is 0.874. The molecule has 2 N–H and O–H groups in total. The molecule has 0 heterocycles. The molecule has 1 amide bonds. The van der Waals surface area contributed by atoms with Gasteiger partial charge in [0.1, 0.15) is 6.04 Å². The average Bonchev–Trinajstić information content (AvgIpc) is 2.63. The maximum Gasteiger partial charge on any atom is 0.326 e. The molecule has 4 heteroatoms. The standard InChI is InChI=1S/C6H8NO3/c8-3-7-5(6(9)10)4-1-2-4/h4-5H,1-2H2,(H,7,8)(H,9,10). The highest BCUT2D eigenvalue weighted by Gasteiger charge is 2.35. The van der Waals surface area contributed by atoms with E-state index < -0.39 is 12.0 Å². The molecule has 0 saturated heterocycles. The van der Waals surface area contributed by atoms with Gasteiger partial charge in [-0.1, -0.05) is 0 Å². The van der Waals surface area contributed by atoms with Gasteiger partial charge in [0.05, 0.1) is 0 Å². The molecule has 0 aromatic carbocycles. The summed E-state index contributed by atoms with van der Waals surface area (Å²) in [5.74, 6) is -0.829. The van der Waals surface area contributed by atoms with Gasteiger partial charge >= 0.3 is 12.4 Å². The fraction of sp³-hybridized carbons (Fsp3) is 0.667. The smallest absolute Gasteiger partial charge is 0.326 e. The van der Waals surface area contributed by atoms with E-state index in [1.165, 1.54) is 6.41 Å². The Balaban J connectivity index is 2.41. The number of amides is 1. The molecule has 55 valence electrons. The fourth-order valence-electron chi connectivity index (χ4n) is 0.874. The van der Waals surface area contributed by atoms with E-state index in [4.69, 9.17) is 5.11 Å². The zero-order valence-electron chi connectivity index (χ0n) is 5.33. The van der Waals surface area contributed by atoms with Gasteiger partial charge in [0, 0.05) is 0 Å². The van der Waals surface area contributed by atoms with Crippen LogP contribution in [0.1, 0.15) is 12.8 Å². The summed E-state index contributed by atoms with van der Waals surface area (Å²) in [4.78, 5) is 20.1. The predicted octanol–water partition coefficient (Wildman–Crippen LogP) is -0.494. The lowest BCUT2D eigenvalue weighted by Gasteiger charge is -2.06. The van der Waals surface area contributed by atoms with Crippen molar-refractivity contribution in [1.82, 2.24) is 5.32 Å². The molecule has 0 aromatic heterocycles. The third kappa shape index (κ3) is 1.46. The van der Waals surface area contributed by atoms with E-state index in [1.807, 2.05) is 0 Å². The number of hydrogen-bond donors (Lipinski definition) is 2. The maximum absolute atomic E-state index is 10.3. The summed E-state index contributed by atoms with van der Waals surface area (Å²) in [7, 11) is 0. The monoisotopic (exact) mass is 142 g/mol. The number of rotatable bonds is 4. The highest BCUT2D eigenvalue weighted by Crippen LogP contribution is 2.32. The second-order valence-corrected chi connectivity index (χ2v) is 2.40. The van der Waals surface area contributed by atoms with E-state index in [1.54, 1.807) is 0 Å². The van der Waals surface area contributed by atoms with Crippen LogP contribution in [-0.2, 0) is 9.59 Å². The van der Waals surface area contributed by atoms with Crippen molar-refractivity contribution in [2.45, 2.75) is 18.9 Å². The van der Waals surface area contributed by atoms with Gasteiger partial charge in [0.25, 0.3) is 0 Å². The third-order valence-corrected chi connectivity index (χ3v) is 1.57. The Hall–Kier alpha value is -1.06. The van der Waals surface area contributed by atoms with E-state index in [2.05, 4.69) is 5.32 Å². The van der Waals surface area contributed by atoms with Crippen molar-refractivity contribution < 1.29 is 14.7 Å². The van der Waals surface area contributed by atoms with Gasteiger partial charge in [-0.15, -0.1) is 0 Å². The lowest BCUT2D eigenvalue weighted by Crippen LogP contribution is -2.37. The SMILES string of the molecule is O=[C]NC(C(=O)O)C1CC1. The molecule has 1 aliphatic carbocycles. The van der Waals surface area contributed by atoms with Crippen molar-refractivity contribution in [3.63, 3.8) is 0 Å². The van der Waals surface area contributed by atoms with Crippen LogP contribution in [0.4, 0.5) is 0 Å². The van der Waals surface area contributed by atoms with Gasteiger partial charge in [0.15, 0.2) is 0 Å². The van der Waals surface area contributed by atoms with Crippen molar-refractivity contribution in [2.75, 3.05) is 0 Å². The molecule has 1 fully saturated rings. The average molecular weight is 142 g/mol. The molecule has 1 atom stereocenters. The molecule has 1 radical (unpaired) electrons. The topological polar surface area (TPSA) is 66.4 Å². The number of hydrogen-bond acceptors (Lipinski definition) is 2. The summed E-state index contributed by atoms with van der Waals surface area (Å²) >= 11 is 0.